The number of halogens is 3. The highest BCUT2D eigenvalue weighted by molar-refractivity contribution is 6.40. The van der Waals surface area contributed by atoms with E-state index in [-0.39, 0.29) is 0 Å². The minimum absolute atomic E-state index is 0.393. The summed E-state index contributed by atoms with van der Waals surface area (Å²) in [6.07, 6.45) is 1.21. The van der Waals surface area contributed by atoms with Crippen LogP contribution in [0.3, 0.4) is 0 Å². The molecule has 5 heteroatoms. The van der Waals surface area contributed by atoms with Crippen LogP contribution in [0.2, 0.25) is 0 Å². The summed E-state index contributed by atoms with van der Waals surface area (Å²) in [6.45, 7) is 12.0. The van der Waals surface area contributed by atoms with E-state index >= 15 is 0 Å². The van der Waals surface area contributed by atoms with Gasteiger partial charge in [0, 0.05) is 0 Å². The molecule has 1 rings (SSSR count). The van der Waals surface area contributed by atoms with E-state index in [2.05, 4.69) is 20.8 Å². The Morgan fingerprint density at radius 3 is 1.85 bits per heavy atom. The zero-order valence-electron chi connectivity index (χ0n) is 17.8. The maximum atomic E-state index is 13.4. The Morgan fingerprint density at radius 2 is 1.41 bits per heavy atom. The minimum Gasteiger partial charge on any atom is -0.166 e. The van der Waals surface area contributed by atoms with Crippen molar-refractivity contribution in [3.8, 4) is 0 Å². The Bertz CT molecular complexity index is 615. The van der Waals surface area contributed by atoms with Crippen LogP contribution in [-0.4, -0.2) is 15.7 Å². The van der Waals surface area contributed by atoms with E-state index in [1.807, 2.05) is 20.8 Å². The average molecular weight is 376 g/mol. The van der Waals surface area contributed by atoms with Gasteiger partial charge in [-0.3, -0.25) is 0 Å². The summed E-state index contributed by atoms with van der Waals surface area (Å²) in [6, 6.07) is 3.89. The van der Waals surface area contributed by atoms with Crippen LogP contribution in [0, 0.1) is 5.41 Å². The largest absolute Gasteiger partial charge is 0.416 e. The highest BCUT2D eigenvalue weighted by Crippen LogP contribution is 2.46. The Hall–Kier alpha value is -0.860. The van der Waals surface area contributed by atoms with Crippen LogP contribution < -0.4 is 0 Å². The second-order valence-corrected chi connectivity index (χ2v) is 9.14. The molecule has 1 unspecified atom stereocenters. The molecule has 0 fully saturated rings. The van der Waals surface area contributed by atoms with Crippen molar-refractivity contribution in [1.29, 1.82) is 0 Å². The molecule has 0 aromatic heterocycles. The van der Waals surface area contributed by atoms with Crippen molar-refractivity contribution in [1.82, 2.24) is 0 Å². The molecule has 27 heavy (non-hydrogen) atoms. The molecule has 0 heterocycles. The zero-order valence-corrected chi connectivity index (χ0v) is 17.8. The molecule has 4 radical (unpaired) electrons. The summed E-state index contributed by atoms with van der Waals surface area (Å²) in [5, 5.41) is -1.23. The van der Waals surface area contributed by atoms with E-state index in [4.69, 9.17) is 15.7 Å². The first-order chi connectivity index (χ1) is 12.2. The molecule has 0 saturated carbocycles. The molecule has 148 valence electrons. The van der Waals surface area contributed by atoms with Crippen molar-refractivity contribution < 1.29 is 13.2 Å². The van der Waals surface area contributed by atoms with Crippen molar-refractivity contribution in [2.45, 2.75) is 96.9 Å². The van der Waals surface area contributed by atoms with Gasteiger partial charge in [-0.05, 0) is 41.4 Å². The van der Waals surface area contributed by atoms with Gasteiger partial charge in [0.05, 0.1) is 21.3 Å². The van der Waals surface area contributed by atoms with Crippen LogP contribution in [0.25, 0.3) is 0 Å². The number of hydrogen-bond donors (Lipinski definition) is 0. The lowest BCUT2D eigenvalue weighted by molar-refractivity contribution is -0.137. The second kappa shape index (κ2) is 8.66. The van der Waals surface area contributed by atoms with E-state index < -0.39 is 27.8 Å². The lowest BCUT2D eigenvalue weighted by Gasteiger charge is -2.45. The third-order valence-electron chi connectivity index (χ3n) is 5.82. The third kappa shape index (κ3) is 5.57. The number of rotatable bonds is 8. The van der Waals surface area contributed by atoms with Crippen LogP contribution in [0.15, 0.2) is 18.2 Å². The second-order valence-electron chi connectivity index (χ2n) is 9.14. The van der Waals surface area contributed by atoms with Crippen LogP contribution in [0.1, 0.15) is 96.8 Å². The number of benzene rings is 1. The van der Waals surface area contributed by atoms with E-state index in [0.29, 0.717) is 11.1 Å². The van der Waals surface area contributed by atoms with Gasteiger partial charge in [0.25, 0.3) is 0 Å². The molecule has 0 amide bonds. The maximum Gasteiger partial charge on any atom is 0.416 e. The van der Waals surface area contributed by atoms with Gasteiger partial charge in [-0.25, -0.2) is 0 Å². The first-order valence-corrected chi connectivity index (χ1v) is 10.0. The molecule has 1 atom stereocenters. The van der Waals surface area contributed by atoms with Crippen molar-refractivity contribution in [2.75, 3.05) is 0 Å². The fourth-order valence-corrected chi connectivity index (χ4v) is 3.70. The van der Waals surface area contributed by atoms with E-state index in [0.717, 1.165) is 44.6 Å². The van der Waals surface area contributed by atoms with Gasteiger partial charge in [0.1, 0.15) is 0 Å². The summed E-state index contributed by atoms with van der Waals surface area (Å²) < 4.78 is 40.3. The predicted octanol–water partition coefficient (Wildman–Crippen LogP) is 6.88. The van der Waals surface area contributed by atoms with Gasteiger partial charge >= 0.3 is 6.18 Å². The normalized spacial score (nSPS) is 15.6. The first-order valence-electron chi connectivity index (χ1n) is 10.0. The van der Waals surface area contributed by atoms with Gasteiger partial charge in [-0.1, -0.05) is 84.1 Å². The summed E-state index contributed by atoms with van der Waals surface area (Å²) in [7, 11) is 13.0. The van der Waals surface area contributed by atoms with Gasteiger partial charge in [-0.2, -0.15) is 13.2 Å². The van der Waals surface area contributed by atoms with Crippen molar-refractivity contribution >= 4 is 15.7 Å². The molecule has 1 aromatic carbocycles. The van der Waals surface area contributed by atoms with Crippen LogP contribution in [0.5, 0.6) is 0 Å². The van der Waals surface area contributed by atoms with Gasteiger partial charge in [-0.15, -0.1) is 0 Å². The van der Waals surface area contributed by atoms with E-state index in [9.17, 15) is 13.2 Å². The molecule has 0 bridgehead atoms. The third-order valence-corrected chi connectivity index (χ3v) is 5.82. The number of hydrogen-bond acceptors (Lipinski definition) is 0. The van der Waals surface area contributed by atoms with Gasteiger partial charge < -0.3 is 0 Å². The average Bonchev–Trinajstić information content (AvgIpc) is 2.53. The maximum absolute atomic E-state index is 13.4. The van der Waals surface area contributed by atoms with Crippen molar-refractivity contribution in [2.24, 2.45) is 5.41 Å². The summed E-state index contributed by atoms with van der Waals surface area (Å²) >= 11 is 0. The van der Waals surface area contributed by atoms with Gasteiger partial charge in [0.15, 0.2) is 0 Å². The Morgan fingerprint density at radius 1 is 0.815 bits per heavy atom. The monoisotopic (exact) mass is 376 g/mol. The summed E-state index contributed by atoms with van der Waals surface area (Å²) in [5.74, 6) is 0. The zero-order chi connectivity index (χ0) is 21.1. The minimum atomic E-state index is -4.39. The molecule has 0 spiro atoms. The fourth-order valence-electron chi connectivity index (χ4n) is 3.70. The number of unbranched alkanes of at least 4 members (excludes halogenated alkanes) is 2. The molecule has 1 aromatic rings. The first kappa shape index (κ1) is 24.2. The quantitative estimate of drug-likeness (QED) is 0.343. The molecule has 0 aliphatic carbocycles. The molecule has 0 aliphatic rings. The topological polar surface area (TPSA) is 0 Å². The smallest absolute Gasteiger partial charge is 0.166 e. The van der Waals surface area contributed by atoms with Crippen LogP contribution in [0.4, 0.5) is 13.2 Å². The fraction of sp³-hybridized carbons (Fsp3) is 0.727. The summed E-state index contributed by atoms with van der Waals surface area (Å²) in [4.78, 5) is 0. The van der Waals surface area contributed by atoms with Crippen molar-refractivity contribution in [3.63, 3.8) is 0 Å². The SMILES string of the molecule is [B]C([B])(c1ccc(C(F)(F)F)cc1C(C)(CCC)CCCCC)C(C)(C)C. The lowest BCUT2D eigenvalue weighted by atomic mass is 9.39. The van der Waals surface area contributed by atoms with Gasteiger partial charge in [0.2, 0.25) is 0 Å². The molecular weight excluding hydrogens is 343 g/mol. The van der Waals surface area contributed by atoms with Crippen LogP contribution in [-0.2, 0) is 16.8 Å². The standard InChI is InChI=1S/C22H33B2F3/c1-7-9-10-14-20(6,13-8-2)18-15-16(22(25,26)27)11-12-17(18)21(23,24)19(3,4)5/h11-12,15H,7-10,13-14H2,1-6H3. The molecule has 0 nitrogen and oxygen atoms in total. The van der Waals surface area contributed by atoms with E-state index in [1.54, 1.807) is 0 Å². The molecule has 0 aliphatic heterocycles. The highest BCUT2D eigenvalue weighted by Gasteiger charge is 2.40. The summed E-state index contributed by atoms with van der Waals surface area (Å²) in [5.41, 5.74) is -0.261. The predicted molar refractivity (Wildman–Crippen MR) is 110 cm³/mol. The van der Waals surface area contributed by atoms with Crippen molar-refractivity contribution in [3.05, 3.63) is 34.9 Å². The van der Waals surface area contributed by atoms with Crippen LogP contribution >= 0.6 is 0 Å². The highest BCUT2D eigenvalue weighted by atomic mass is 19.4. The van der Waals surface area contributed by atoms with E-state index in [1.165, 1.54) is 12.1 Å². The molecule has 0 N–H and O–H groups in total. The lowest BCUT2D eigenvalue weighted by Crippen LogP contribution is -2.43. The number of alkyl halides is 3. The molecule has 0 saturated heterocycles. The molecular formula is C22H33B2F3. The Kier molecular flexibility index (Phi) is 7.75. The Labute approximate surface area is 166 Å². The Balaban J connectivity index is 3.66.